The monoisotopic (exact) mass is 391 g/mol. The van der Waals surface area contributed by atoms with Crippen LogP contribution in [0.3, 0.4) is 0 Å². The standard InChI is InChI=1S/C22H33NO3S/c24-27(25)17-3-16-23(27)20-12-8-18(9-13-20)6-7-19-10-14-22(15-11-19)26-21-4-1-2-5-21/h10-11,14-15,18,20-21H,1-9,12-13,16-17H2. The summed E-state index contributed by atoms with van der Waals surface area (Å²) in [7, 11) is -2.95. The Morgan fingerprint density at radius 1 is 0.926 bits per heavy atom. The van der Waals surface area contributed by atoms with Crippen molar-refractivity contribution in [2.75, 3.05) is 12.3 Å². The van der Waals surface area contributed by atoms with Crippen LogP contribution in [0.25, 0.3) is 0 Å². The van der Waals surface area contributed by atoms with Gasteiger partial charge in [-0.1, -0.05) is 12.1 Å². The Morgan fingerprint density at radius 2 is 1.63 bits per heavy atom. The SMILES string of the molecule is O=S1(=O)CCCN1C1CCC(CCc2ccc(OC3CCCC3)cc2)CC1. The molecule has 3 fully saturated rings. The third-order valence-corrected chi connectivity index (χ3v) is 8.73. The second kappa shape index (κ2) is 8.52. The summed E-state index contributed by atoms with van der Waals surface area (Å²) in [5.74, 6) is 2.10. The first kappa shape index (κ1) is 19.3. The normalized spacial score (nSPS) is 29.2. The van der Waals surface area contributed by atoms with Gasteiger partial charge in [-0.25, -0.2) is 8.42 Å². The average Bonchev–Trinajstić information content (AvgIpc) is 3.30. The van der Waals surface area contributed by atoms with Gasteiger partial charge in [0.05, 0.1) is 11.9 Å². The molecule has 1 saturated heterocycles. The van der Waals surface area contributed by atoms with E-state index in [1.165, 1.54) is 50.5 Å². The average molecular weight is 392 g/mol. The fraction of sp³-hybridized carbons (Fsp3) is 0.727. The second-order valence-corrected chi connectivity index (χ2v) is 10.7. The minimum absolute atomic E-state index is 0.265. The molecule has 5 heteroatoms. The summed E-state index contributed by atoms with van der Waals surface area (Å²) in [6.07, 6.45) is 13.0. The van der Waals surface area contributed by atoms with E-state index in [1.54, 1.807) is 4.31 Å². The first-order chi connectivity index (χ1) is 13.1. The Bertz CT molecular complexity index is 702. The molecule has 0 amide bonds. The number of ether oxygens (including phenoxy) is 1. The Kier molecular flexibility index (Phi) is 6.08. The number of aryl methyl sites for hydroxylation is 1. The molecule has 150 valence electrons. The largest absolute Gasteiger partial charge is 0.490 e. The van der Waals surface area contributed by atoms with Gasteiger partial charge in [-0.3, -0.25) is 0 Å². The van der Waals surface area contributed by atoms with Crippen molar-refractivity contribution in [1.29, 1.82) is 0 Å². The highest BCUT2D eigenvalue weighted by atomic mass is 32.2. The molecule has 0 bridgehead atoms. The number of benzene rings is 1. The van der Waals surface area contributed by atoms with Crippen LogP contribution in [-0.4, -0.2) is 37.2 Å². The Hall–Kier alpha value is -1.07. The molecule has 1 aliphatic heterocycles. The number of rotatable bonds is 6. The van der Waals surface area contributed by atoms with Gasteiger partial charge in [-0.2, -0.15) is 4.31 Å². The summed E-state index contributed by atoms with van der Waals surface area (Å²) in [6, 6.07) is 8.95. The highest BCUT2D eigenvalue weighted by Gasteiger charge is 2.36. The van der Waals surface area contributed by atoms with Crippen molar-refractivity contribution in [3.63, 3.8) is 0 Å². The summed E-state index contributed by atoms with van der Waals surface area (Å²) >= 11 is 0. The van der Waals surface area contributed by atoms with Crippen LogP contribution in [0.5, 0.6) is 5.75 Å². The fourth-order valence-corrected chi connectivity index (χ4v) is 6.90. The molecule has 4 rings (SSSR count). The van der Waals surface area contributed by atoms with E-state index in [1.807, 2.05) is 0 Å². The third-order valence-electron chi connectivity index (χ3n) is 6.73. The van der Waals surface area contributed by atoms with Gasteiger partial charge in [0.15, 0.2) is 0 Å². The van der Waals surface area contributed by atoms with Crippen molar-refractivity contribution < 1.29 is 13.2 Å². The van der Waals surface area contributed by atoms with E-state index >= 15 is 0 Å². The van der Waals surface area contributed by atoms with Gasteiger partial charge in [0, 0.05) is 12.6 Å². The molecule has 0 radical (unpaired) electrons. The van der Waals surface area contributed by atoms with Crippen LogP contribution in [0, 0.1) is 5.92 Å². The second-order valence-electron chi connectivity index (χ2n) is 8.66. The van der Waals surface area contributed by atoms with E-state index in [9.17, 15) is 8.42 Å². The van der Waals surface area contributed by atoms with Crippen molar-refractivity contribution in [3.05, 3.63) is 29.8 Å². The van der Waals surface area contributed by atoms with E-state index in [0.29, 0.717) is 11.9 Å². The van der Waals surface area contributed by atoms with Crippen molar-refractivity contribution in [1.82, 2.24) is 4.31 Å². The maximum atomic E-state index is 12.1. The molecule has 27 heavy (non-hydrogen) atoms. The summed E-state index contributed by atoms with van der Waals surface area (Å²) in [5.41, 5.74) is 1.39. The lowest BCUT2D eigenvalue weighted by molar-refractivity contribution is 0.210. The molecule has 2 saturated carbocycles. The summed E-state index contributed by atoms with van der Waals surface area (Å²) in [5, 5.41) is 0. The highest BCUT2D eigenvalue weighted by molar-refractivity contribution is 7.89. The molecule has 0 spiro atoms. The van der Waals surface area contributed by atoms with E-state index in [4.69, 9.17) is 4.74 Å². The maximum absolute atomic E-state index is 12.1. The first-order valence-corrected chi connectivity index (χ1v) is 12.5. The fourth-order valence-electron chi connectivity index (χ4n) is 5.09. The van der Waals surface area contributed by atoms with E-state index in [0.717, 1.165) is 43.9 Å². The van der Waals surface area contributed by atoms with Gasteiger partial charge >= 0.3 is 0 Å². The summed E-state index contributed by atoms with van der Waals surface area (Å²) in [6.45, 7) is 0.743. The molecule has 3 aliphatic rings. The van der Waals surface area contributed by atoms with Gasteiger partial charge in [0.25, 0.3) is 0 Å². The van der Waals surface area contributed by atoms with E-state index < -0.39 is 10.0 Å². The smallest absolute Gasteiger partial charge is 0.214 e. The lowest BCUT2D eigenvalue weighted by Crippen LogP contribution is -2.39. The molecule has 1 heterocycles. The quantitative estimate of drug-likeness (QED) is 0.715. The summed E-state index contributed by atoms with van der Waals surface area (Å²) < 4.78 is 32.1. The molecule has 1 aromatic rings. The van der Waals surface area contributed by atoms with Gasteiger partial charge in [0.2, 0.25) is 10.0 Å². The molecule has 0 atom stereocenters. The lowest BCUT2D eigenvalue weighted by atomic mass is 9.82. The van der Waals surface area contributed by atoms with Crippen molar-refractivity contribution >= 4 is 10.0 Å². The van der Waals surface area contributed by atoms with Crippen LogP contribution in [-0.2, 0) is 16.4 Å². The van der Waals surface area contributed by atoms with Crippen LogP contribution < -0.4 is 4.74 Å². The minimum Gasteiger partial charge on any atom is -0.490 e. The molecule has 4 nitrogen and oxygen atoms in total. The highest BCUT2D eigenvalue weighted by Crippen LogP contribution is 2.33. The van der Waals surface area contributed by atoms with Gasteiger partial charge in [0.1, 0.15) is 5.75 Å². The van der Waals surface area contributed by atoms with Crippen molar-refractivity contribution in [2.45, 2.75) is 82.8 Å². The zero-order valence-electron chi connectivity index (χ0n) is 16.3. The Morgan fingerprint density at radius 3 is 2.26 bits per heavy atom. The number of hydrogen-bond donors (Lipinski definition) is 0. The van der Waals surface area contributed by atoms with Crippen molar-refractivity contribution in [2.24, 2.45) is 5.92 Å². The lowest BCUT2D eigenvalue weighted by Gasteiger charge is -2.33. The van der Waals surface area contributed by atoms with Crippen LogP contribution in [0.2, 0.25) is 0 Å². The van der Waals surface area contributed by atoms with E-state index in [-0.39, 0.29) is 6.04 Å². The molecule has 1 aromatic carbocycles. The first-order valence-electron chi connectivity index (χ1n) is 10.9. The van der Waals surface area contributed by atoms with E-state index in [2.05, 4.69) is 24.3 Å². The zero-order valence-corrected chi connectivity index (χ0v) is 17.1. The van der Waals surface area contributed by atoms with Gasteiger partial charge in [-0.05, 0) is 94.2 Å². The predicted molar refractivity (Wildman–Crippen MR) is 109 cm³/mol. The number of sulfonamides is 1. The Labute approximate surface area is 164 Å². The maximum Gasteiger partial charge on any atom is 0.214 e. The number of nitrogens with zero attached hydrogens (tertiary/aromatic N) is 1. The molecular weight excluding hydrogens is 358 g/mol. The van der Waals surface area contributed by atoms with Gasteiger partial charge in [-0.15, -0.1) is 0 Å². The topological polar surface area (TPSA) is 46.6 Å². The Balaban J connectivity index is 1.21. The molecular formula is C22H33NO3S. The predicted octanol–water partition coefficient (Wildman–Crippen LogP) is 4.53. The van der Waals surface area contributed by atoms with Crippen LogP contribution >= 0.6 is 0 Å². The van der Waals surface area contributed by atoms with Crippen molar-refractivity contribution in [3.8, 4) is 5.75 Å². The minimum atomic E-state index is -2.95. The van der Waals surface area contributed by atoms with Crippen LogP contribution in [0.15, 0.2) is 24.3 Å². The number of hydrogen-bond acceptors (Lipinski definition) is 3. The third kappa shape index (κ3) is 4.86. The molecule has 0 aromatic heterocycles. The molecule has 0 unspecified atom stereocenters. The molecule has 2 aliphatic carbocycles. The van der Waals surface area contributed by atoms with Crippen LogP contribution in [0.1, 0.15) is 69.8 Å². The zero-order chi connectivity index (χ0) is 18.7. The molecule has 0 N–H and O–H groups in total. The van der Waals surface area contributed by atoms with Gasteiger partial charge < -0.3 is 4.74 Å². The van der Waals surface area contributed by atoms with Crippen LogP contribution in [0.4, 0.5) is 0 Å². The summed E-state index contributed by atoms with van der Waals surface area (Å²) in [4.78, 5) is 0.